The van der Waals surface area contributed by atoms with Gasteiger partial charge in [-0.3, -0.25) is 19.4 Å². The SMILES string of the molecule is COCCN(CCOC)Cc1noc([C@H](CCCC2CCCCC2)CC(=O)O)n1.COCCN(CCOC)Cc1noc([C@H](CCCC2CCCCC2)CC(=O)OC(C)(C)C)n1. The quantitative estimate of drug-likeness (QED) is 0.0740. The maximum Gasteiger partial charge on any atom is 0.307 e. The van der Waals surface area contributed by atoms with E-state index in [1.54, 1.807) is 28.4 Å². The minimum absolute atomic E-state index is 0.0311. The first-order valence-electron chi connectivity index (χ1n) is 23.4. The minimum Gasteiger partial charge on any atom is -0.481 e. The number of carbonyl (C=O) groups excluding carboxylic acids is 1. The van der Waals surface area contributed by atoms with Gasteiger partial charge >= 0.3 is 11.9 Å². The Morgan fingerprint density at radius 2 is 1.03 bits per heavy atom. The lowest BCUT2D eigenvalue weighted by Gasteiger charge is -2.23. The number of hydrogen-bond donors (Lipinski definition) is 1. The number of carbonyl (C=O) groups is 2. The van der Waals surface area contributed by atoms with E-state index < -0.39 is 11.6 Å². The summed E-state index contributed by atoms with van der Waals surface area (Å²) in [6.07, 6.45) is 19.7. The predicted molar refractivity (Wildman–Crippen MR) is 236 cm³/mol. The highest BCUT2D eigenvalue weighted by Crippen LogP contribution is 2.33. The standard InChI is InChI=1S/C25H45N3O5.C21H37N3O5/c1-25(2,3)32-23(29)18-21(13-9-12-20-10-7-6-8-11-20)24-26-22(27-33-24)19-28(14-16-30-4)15-17-31-5;1-27-13-11-24(12-14-28-2)16-19-22-21(29-23-19)18(15-20(25)26)10-6-9-17-7-4-3-5-8-17/h20-21H,6-19H2,1-5H3;17-18H,3-16H2,1-2H3,(H,25,26)/t21-;18-/m11/s1. The predicted octanol–water partition coefficient (Wildman–Crippen LogP) is 8.20. The van der Waals surface area contributed by atoms with Gasteiger partial charge in [-0.2, -0.15) is 9.97 Å². The van der Waals surface area contributed by atoms with E-state index in [9.17, 15) is 14.7 Å². The molecule has 0 spiro atoms. The molecule has 2 heterocycles. The van der Waals surface area contributed by atoms with Gasteiger partial charge in [0, 0.05) is 66.5 Å². The van der Waals surface area contributed by atoms with Crippen LogP contribution in [0.15, 0.2) is 9.05 Å². The van der Waals surface area contributed by atoms with Gasteiger partial charge in [0.05, 0.1) is 52.4 Å². The summed E-state index contributed by atoms with van der Waals surface area (Å²) >= 11 is 0. The van der Waals surface area contributed by atoms with Gasteiger partial charge in [0.25, 0.3) is 0 Å². The topological polar surface area (TPSA) is 185 Å². The Morgan fingerprint density at radius 1 is 0.645 bits per heavy atom. The average Bonchev–Trinajstić information content (AvgIpc) is 3.92. The van der Waals surface area contributed by atoms with Crippen molar-refractivity contribution in [3.63, 3.8) is 0 Å². The molecule has 0 aliphatic heterocycles. The van der Waals surface area contributed by atoms with Crippen LogP contribution in [0.4, 0.5) is 0 Å². The van der Waals surface area contributed by atoms with E-state index in [1.807, 2.05) is 20.8 Å². The van der Waals surface area contributed by atoms with E-state index in [0.29, 0.717) is 62.9 Å². The summed E-state index contributed by atoms with van der Waals surface area (Å²) in [6.45, 7) is 12.2. The van der Waals surface area contributed by atoms with Crippen LogP contribution in [0.5, 0.6) is 0 Å². The zero-order valence-electron chi connectivity index (χ0n) is 39.4. The van der Waals surface area contributed by atoms with E-state index in [1.165, 1.54) is 77.0 Å². The van der Waals surface area contributed by atoms with E-state index >= 15 is 0 Å². The number of aliphatic carboxylic acids is 1. The first-order valence-corrected chi connectivity index (χ1v) is 23.4. The number of rotatable bonds is 30. The van der Waals surface area contributed by atoms with Crippen molar-refractivity contribution in [3.8, 4) is 0 Å². The van der Waals surface area contributed by atoms with Crippen LogP contribution in [-0.2, 0) is 46.4 Å². The third-order valence-electron chi connectivity index (χ3n) is 11.9. The highest BCUT2D eigenvalue weighted by atomic mass is 16.6. The van der Waals surface area contributed by atoms with Crippen LogP contribution in [0, 0.1) is 11.8 Å². The van der Waals surface area contributed by atoms with Crippen molar-refractivity contribution in [2.24, 2.45) is 11.8 Å². The maximum atomic E-state index is 12.6. The highest BCUT2D eigenvalue weighted by molar-refractivity contribution is 5.70. The third kappa shape index (κ3) is 23.1. The van der Waals surface area contributed by atoms with Crippen LogP contribution in [0.3, 0.4) is 0 Å². The molecule has 2 saturated carbocycles. The zero-order chi connectivity index (χ0) is 45.0. The van der Waals surface area contributed by atoms with Crippen LogP contribution in [0.2, 0.25) is 0 Å². The smallest absolute Gasteiger partial charge is 0.307 e. The van der Waals surface area contributed by atoms with Crippen LogP contribution in [0.25, 0.3) is 0 Å². The van der Waals surface area contributed by atoms with Crippen molar-refractivity contribution in [2.45, 2.75) is 167 Å². The first-order chi connectivity index (χ1) is 29.9. The van der Waals surface area contributed by atoms with E-state index in [0.717, 1.165) is 63.7 Å². The Kier molecular flexibility index (Phi) is 26.6. The molecule has 16 nitrogen and oxygen atoms in total. The number of nitrogens with zero attached hydrogens (tertiary/aromatic N) is 6. The second kappa shape index (κ2) is 31.0. The molecule has 2 aliphatic rings. The van der Waals surface area contributed by atoms with Crippen LogP contribution in [0.1, 0.15) is 172 Å². The van der Waals surface area contributed by atoms with Gasteiger partial charge in [0.1, 0.15) is 5.60 Å². The number of ether oxygens (including phenoxy) is 5. The van der Waals surface area contributed by atoms with Crippen molar-refractivity contribution < 1.29 is 47.4 Å². The summed E-state index contributed by atoms with van der Waals surface area (Å²) < 4.78 is 37.4. The fraction of sp³-hybridized carbons (Fsp3) is 0.870. The molecule has 2 fully saturated rings. The van der Waals surface area contributed by atoms with E-state index in [-0.39, 0.29) is 30.6 Å². The lowest BCUT2D eigenvalue weighted by atomic mass is 9.84. The molecule has 2 aliphatic carbocycles. The number of esters is 1. The number of carboxylic acid groups (broad SMARTS) is 1. The highest BCUT2D eigenvalue weighted by Gasteiger charge is 2.27. The molecule has 0 saturated heterocycles. The molecule has 2 atom stereocenters. The Balaban J connectivity index is 0.000000333. The fourth-order valence-corrected chi connectivity index (χ4v) is 8.49. The number of methoxy groups -OCH3 is 4. The van der Waals surface area contributed by atoms with Crippen molar-refractivity contribution in [2.75, 3.05) is 81.0 Å². The van der Waals surface area contributed by atoms with E-state index in [4.69, 9.17) is 32.7 Å². The molecular weight excluding hydrogens is 797 g/mol. The van der Waals surface area contributed by atoms with Gasteiger partial charge in [-0.05, 0) is 45.4 Å². The first kappa shape index (κ1) is 53.3. The van der Waals surface area contributed by atoms with Gasteiger partial charge in [-0.1, -0.05) is 100 Å². The Labute approximate surface area is 371 Å². The van der Waals surface area contributed by atoms with Crippen LogP contribution in [-0.4, -0.2) is 134 Å². The molecular formula is C46H82N6O10. The molecule has 0 amide bonds. The lowest BCUT2D eigenvalue weighted by molar-refractivity contribution is -0.155. The molecule has 356 valence electrons. The normalized spacial score (nSPS) is 16.3. The molecule has 2 aromatic heterocycles. The monoisotopic (exact) mass is 879 g/mol. The zero-order valence-corrected chi connectivity index (χ0v) is 39.4. The number of hydrogen-bond acceptors (Lipinski definition) is 15. The minimum atomic E-state index is -0.825. The Hall–Kier alpha value is -3.02. The largest absolute Gasteiger partial charge is 0.481 e. The van der Waals surface area contributed by atoms with Crippen molar-refractivity contribution in [1.82, 2.24) is 30.1 Å². The van der Waals surface area contributed by atoms with Crippen molar-refractivity contribution in [3.05, 3.63) is 23.4 Å². The second-order valence-corrected chi connectivity index (χ2v) is 18.3. The Morgan fingerprint density at radius 3 is 1.39 bits per heavy atom. The number of aromatic nitrogens is 4. The molecule has 1 N–H and O–H groups in total. The van der Waals surface area contributed by atoms with Crippen molar-refractivity contribution in [1.29, 1.82) is 0 Å². The summed E-state index contributed by atoms with van der Waals surface area (Å²) in [5, 5.41) is 17.6. The van der Waals surface area contributed by atoms with Gasteiger partial charge in [0.15, 0.2) is 11.6 Å². The van der Waals surface area contributed by atoms with Crippen molar-refractivity contribution >= 4 is 11.9 Å². The third-order valence-corrected chi connectivity index (χ3v) is 11.9. The second-order valence-electron chi connectivity index (χ2n) is 18.3. The van der Waals surface area contributed by atoms with Gasteiger partial charge in [0.2, 0.25) is 11.8 Å². The van der Waals surface area contributed by atoms with Gasteiger partial charge < -0.3 is 37.8 Å². The summed E-state index contributed by atoms with van der Waals surface area (Å²) in [5.41, 5.74) is -0.507. The molecule has 0 radical (unpaired) electrons. The summed E-state index contributed by atoms with van der Waals surface area (Å²) in [7, 11) is 6.72. The molecule has 0 unspecified atom stereocenters. The fourth-order valence-electron chi connectivity index (χ4n) is 8.49. The van der Waals surface area contributed by atoms with Crippen LogP contribution >= 0.6 is 0 Å². The average molecular weight is 879 g/mol. The number of carboxylic acids is 1. The van der Waals surface area contributed by atoms with E-state index in [2.05, 4.69) is 30.1 Å². The van der Waals surface area contributed by atoms with Gasteiger partial charge in [-0.15, -0.1) is 0 Å². The summed E-state index contributed by atoms with van der Waals surface area (Å²) in [4.78, 5) is 37.4. The van der Waals surface area contributed by atoms with Gasteiger partial charge in [-0.25, -0.2) is 0 Å². The maximum absolute atomic E-state index is 12.6. The molecule has 4 rings (SSSR count). The molecule has 0 aromatic carbocycles. The molecule has 2 aromatic rings. The Bertz CT molecular complexity index is 1440. The van der Waals surface area contributed by atoms with Crippen LogP contribution < -0.4 is 0 Å². The lowest BCUT2D eigenvalue weighted by Crippen LogP contribution is -2.30. The molecule has 0 bridgehead atoms. The summed E-state index contributed by atoms with van der Waals surface area (Å²) in [5.74, 6) is 2.42. The summed E-state index contributed by atoms with van der Waals surface area (Å²) in [6, 6.07) is 0. The molecule has 62 heavy (non-hydrogen) atoms. The molecule has 16 heteroatoms.